The van der Waals surface area contributed by atoms with Crippen molar-refractivity contribution in [3.8, 4) is 28.5 Å². The maximum Gasteiger partial charge on any atom is 0.262 e. The molecule has 0 radical (unpaired) electrons. The van der Waals surface area contributed by atoms with Crippen molar-refractivity contribution in [2.45, 2.75) is 0 Å². The van der Waals surface area contributed by atoms with Crippen LogP contribution in [-0.4, -0.2) is 31.6 Å². The molecule has 0 spiro atoms. The van der Waals surface area contributed by atoms with E-state index in [2.05, 4.69) is 19.9 Å². The maximum atomic E-state index is 14.2. The number of aromatic nitrogens is 5. The fourth-order valence-corrected chi connectivity index (χ4v) is 2.78. The summed E-state index contributed by atoms with van der Waals surface area (Å²) in [6.45, 7) is 0. The van der Waals surface area contributed by atoms with Crippen LogP contribution in [0.4, 0.5) is 4.39 Å². The van der Waals surface area contributed by atoms with E-state index >= 15 is 0 Å². The summed E-state index contributed by atoms with van der Waals surface area (Å²) in [6.07, 6.45) is 4.84. The Morgan fingerprint density at radius 3 is 2.73 bits per heavy atom. The van der Waals surface area contributed by atoms with Gasteiger partial charge in [-0.25, -0.2) is 19.3 Å². The zero-order valence-electron chi connectivity index (χ0n) is 14.0. The van der Waals surface area contributed by atoms with E-state index in [1.165, 1.54) is 19.4 Å². The molecule has 0 amide bonds. The quantitative estimate of drug-likeness (QED) is 0.613. The molecule has 4 aromatic rings. The number of hydrogen-bond donors (Lipinski definition) is 1. The van der Waals surface area contributed by atoms with E-state index < -0.39 is 11.4 Å². The SMILES string of the molecule is COc1cnc(-c2cn(C)cn2)c2nc(-c3ccccc3F)[nH]c(=O)c12. The standard InChI is InChI=1S/C18H14FN5O2/c1-24-8-12(21-9-24)15-16-14(13(26-2)7-20-15)18(25)23-17(22-16)10-5-3-4-6-11(10)19/h3-9H,1-2H3,(H,22,23,25). The lowest BCUT2D eigenvalue weighted by Gasteiger charge is -2.09. The minimum Gasteiger partial charge on any atom is -0.494 e. The largest absolute Gasteiger partial charge is 0.494 e. The molecule has 0 bridgehead atoms. The summed E-state index contributed by atoms with van der Waals surface area (Å²) in [5.74, 6) is -0.0772. The van der Waals surface area contributed by atoms with Crippen LogP contribution < -0.4 is 10.3 Å². The number of rotatable bonds is 3. The molecule has 7 nitrogen and oxygen atoms in total. The van der Waals surface area contributed by atoms with E-state index in [1.807, 2.05) is 7.05 Å². The van der Waals surface area contributed by atoms with Crippen LogP contribution in [0.1, 0.15) is 0 Å². The molecule has 8 heteroatoms. The Morgan fingerprint density at radius 2 is 2.04 bits per heavy atom. The van der Waals surface area contributed by atoms with Gasteiger partial charge < -0.3 is 14.3 Å². The van der Waals surface area contributed by atoms with Gasteiger partial charge in [0.15, 0.2) is 5.75 Å². The predicted molar refractivity (Wildman–Crippen MR) is 94.3 cm³/mol. The van der Waals surface area contributed by atoms with Crippen LogP contribution in [0.2, 0.25) is 0 Å². The summed E-state index contributed by atoms with van der Waals surface area (Å²) in [6, 6.07) is 6.10. The van der Waals surface area contributed by atoms with E-state index in [-0.39, 0.29) is 22.5 Å². The van der Waals surface area contributed by atoms with Gasteiger partial charge in [0.25, 0.3) is 5.56 Å². The first-order valence-corrected chi connectivity index (χ1v) is 7.78. The van der Waals surface area contributed by atoms with E-state index in [4.69, 9.17) is 4.74 Å². The van der Waals surface area contributed by atoms with Gasteiger partial charge in [0, 0.05) is 13.2 Å². The van der Waals surface area contributed by atoms with E-state index in [1.54, 1.807) is 35.3 Å². The van der Waals surface area contributed by atoms with Gasteiger partial charge in [-0.2, -0.15) is 0 Å². The minimum atomic E-state index is -0.481. The predicted octanol–water partition coefficient (Wildman–Crippen LogP) is 2.53. The second-order valence-electron chi connectivity index (χ2n) is 5.72. The minimum absolute atomic E-state index is 0.118. The number of pyridine rings is 1. The summed E-state index contributed by atoms with van der Waals surface area (Å²) in [4.78, 5) is 28.4. The van der Waals surface area contributed by atoms with Crippen molar-refractivity contribution in [1.29, 1.82) is 0 Å². The third-order valence-corrected chi connectivity index (χ3v) is 4.00. The van der Waals surface area contributed by atoms with Gasteiger partial charge in [-0.1, -0.05) is 12.1 Å². The number of methoxy groups -OCH3 is 1. The number of fused-ring (bicyclic) bond motifs is 1. The molecule has 3 heterocycles. The van der Waals surface area contributed by atoms with Crippen LogP contribution in [-0.2, 0) is 7.05 Å². The highest BCUT2D eigenvalue weighted by molar-refractivity contribution is 5.94. The number of imidazole rings is 1. The molecule has 4 rings (SSSR count). The Labute approximate surface area is 147 Å². The van der Waals surface area contributed by atoms with Crippen molar-refractivity contribution >= 4 is 10.9 Å². The van der Waals surface area contributed by atoms with Crippen molar-refractivity contribution < 1.29 is 9.13 Å². The smallest absolute Gasteiger partial charge is 0.262 e. The number of halogens is 1. The van der Waals surface area contributed by atoms with Gasteiger partial charge in [-0.05, 0) is 12.1 Å². The molecular weight excluding hydrogens is 337 g/mol. The van der Waals surface area contributed by atoms with Gasteiger partial charge in [0.2, 0.25) is 0 Å². The van der Waals surface area contributed by atoms with Crippen molar-refractivity contribution in [3.63, 3.8) is 0 Å². The Hall–Kier alpha value is -3.55. The first-order valence-electron chi connectivity index (χ1n) is 7.78. The number of ether oxygens (including phenoxy) is 1. The third kappa shape index (κ3) is 2.52. The molecule has 130 valence electrons. The van der Waals surface area contributed by atoms with E-state index in [0.717, 1.165) is 0 Å². The number of nitrogens with zero attached hydrogens (tertiary/aromatic N) is 4. The Bertz CT molecular complexity index is 1180. The fraction of sp³-hybridized carbons (Fsp3) is 0.111. The van der Waals surface area contributed by atoms with Crippen LogP contribution in [0.5, 0.6) is 5.75 Å². The lowest BCUT2D eigenvalue weighted by Crippen LogP contribution is -2.12. The molecule has 0 saturated heterocycles. The number of benzene rings is 1. The van der Waals surface area contributed by atoms with Crippen molar-refractivity contribution in [2.24, 2.45) is 7.05 Å². The molecule has 0 unspecified atom stereocenters. The van der Waals surface area contributed by atoms with Gasteiger partial charge in [-0.15, -0.1) is 0 Å². The highest BCUT2D eigenvalue weighted by Gasteiger charge is 2.18. The average Bonchev–Trinajstić information content (AvgIpc) is 3.07. The van der Waals surface area contributed by atoms with Crippen LogP contribution in [0.15, 0.2) is 47.8 Å². The molecule has 0 aliphatic carbocycles. The number of nitrogens with one attached hydrogen (secondary N) is 1. The van der Waals surface area contributed by atoms with Crippen LogP contribution >= 0.6 is 0 Å². The van der Waals surface area contributed by atoms with Crippen LogP contribution in [0.25, 0.3) is 33.7 Å². The number of H-pyrrole nitrogens is 1. The molecule has 0 aliphatic rings. The van der Waals surface area contributed by atoms with Crippen LogP contribution in [0, 0.1) is 5.82 Å². The summed E-state index contributed by atoms with van der Waals surface area (Å²) in [7, 11) is 3.27. The Kier molecular flexibility index (Phi) is 3.72. The Morgan fingerprint density at radius 1 is 1.23 bits per heavy atom. The van der Waals surface area contributed by atoms with E-state index in [0.29, 0.717) is 16.9 Å². The highest BCUT2D eigenvalue weighted by atomic mass is 19.1. The van der Waals surface area contributed by atoms with Crippen molar-refractivity contribution in [2.75, 3.05) is 7.11 Å². The number of hydrogen-bond acceptors (Lipinski definition) is 5. The highest BCUT2D eigenvalue weighted by Crippen LogP contribution is 2.29. The Balaban J connectivity index is 2.08. The molecular formula is C18H14FN5O2. The fourth-order valence-electron chi connectivity index (χ4n) is 2.78. The second-order valence-corrected chi connectivity index (χ2v) is 5.72. The zero-order chi connectivity index (χ0) is 18.3. The zero-order valence-corrected chi connectivity index (χ0v) is 14.0. The van der Waals surface area contributed by atoms with Crippen molar-refractivity contribution in [1.82, 2.24) is 24.5 Å². The van der Waals surface area contributed by atoms with E-state index in [9.17, 15) is 9.18 Å². The van der Waals surface area contributed by atoms with Gasteiger partial charge in [0.1, 0.15) is 33.9 Å². The summed E-state index contributed by atoms with van der Waals surface area (Å²) >= 11 is 0. The molecule has 1 N–H and O–H groups in total. The monoisotopic (exact) mass is 351 g/mol. The van der Waals surface area contributed by atoms with Gasteiger partial charge >= 0.3 is 0 Å². The lowest BCUT2D eigenvalue weighted by atomic mass is 10.1. The summed E-state index contributed by atoms with van der Waals surface area (Å²) in [5.41, 5.74) is 1.03. The molecule has 0 aliphatic heterocycles. The number of aryl methyl sites for hydroxylation is 1. The lowest BCUT2D eigenvalue weighted by molar-refractivity contribution is 0.417. The molecule has 0 fully saturated rings. The summed E-state index contributed by atoms with van der Waals surface area (Å²) < 4.78 is 21.2. The molecule has 1 aromatic carbocycles. The molecule has 0 saturated carbocycles. The second kappa shape index (κ2) is 6.07. The van der Waals surface area contributed by atoms with Crippen LogP contribution in [0.3, 0.4) is 0 Å². The first kappa shape index (κ1) is 15.9. The van der Waals surface area contributed by atoms with Crippen molar-refractivity contribution in [3.05, 3.63) is 59.2 Å². The maximum absolute atomic E-state index is 14.2. The average molecular weight is 351 g/mol. The van der Waals surface area contributed by atoms with Gasteiger partial charge in [0.05, 0.1) is 25.2 Å². The molecule has 3 aromatic heterocycles. The number of aromatic amines is 1. The summed E-state index contributed by atoms with van der Waals surface area (Å²) in [5, 5.41) is 0.239. The third-order valence-electron chi connectivity index (χ3n) is 4.00. The molecule has 26 heavy (non-hydrogen) atoms. The first-order chi connectivity index (χ1) is 12.6. The molecule has 0 atom stereocenters. The van der Waals surface area contributed by atoms with Gasteiger partial charge in [-0.3, -0.25) is 4.79 Å². The topological polar surface area (TPSA) is 85.7 Å². The normalized spacial score (nSPS) is 11.0.